The van der Waals surface area contributed by atoms with E-state index in [0.29, 0.717) is 5.92 Å². The van der Waals surface area contributed by atoms with Gasteiger partial charge in [-0.05, 0) is 55.4 Å². The molecule has 1 aromatic rings. The number of hydrogen-bond donors (Lipinski definition) is 0. The first-order chi connectivity index (χ1) is 10.4. The maximum absolute atomic E-state index is 3.92. The van der Waals surface area contributed by atoms with Crippen LogP contribution in [0.15, 0.2) is 42.0 Å². The number of unbranched alkanes of at least 4 members (excludes halogenated alkanes) is 2. The molecule has 0 amide bonds. The van der Waals surface area contributed by atoms with Gasteiger partial charge in [0.05, 0.1) is 0 Å². The normalized spacial score (nSPS) is 12.4. The predicted molar refractivity (Wildman–Crippen MR) is 102 cm³/mol. The SMILES string of the molecule is C=C(C)/C=C/c1ccc(C)c(/C=C(/CCCCC)C(C)C)c1. The van der Waals surface area contributed by atoms with Crippen molar-refractivity contribution in [1.82, 2.24) is 0 Å². The number of rotatable bonds is 8. The predicted octanol–water partition coefficient (Wildman–Crippen LogP) is 7.20. The fraction of sp³-hybridized carbons (Fsp3) is 0.455. The minimum Gasteiger partial charge on any atom is -0.0961 e. The molecule has 0 N–H and O–H groups in total. The molecule has 120 valence electrons. The first kappa shape index (κ1) is 18.5. The summed E-state index contributed by atoms with van der Waals surface area (Å²) in [6.07, 6.45) is 11.8. The second-order valence-electron chi connectivity index (χ2n) is 6.63. The van der Waals surface area contributed by atoms with Gasteiger partial charge in [0.25, 0.3) is 0 Å². The van der Waals surface area contributed by atoms with Gasteiger partial charge in [-0.15, -0.1) is 0 Å². The number of allylic oxidation sites excluding steroid dienone is 3. The Hall–Kier alpha value is -1.56. The second-order valence-corrected chi connectivity index (χ2v) is 6.63. The maximum Gasteiger partial charge on any atom is -0.0222 e. The van der Waals surface area contributed by atoms with Crippen molar-refractivity contribution in [2.45, 2.75) is 60.3 Å². The highest BCUT2D eigenvalue weighted by molar-refractivity contribution is 5.63. The average molecular weight is 296 g/mol. The Labute approximate surface area is 137 Å². The van der Waals surface area contributed by atoms with E-state index in [-0.39, 0.29) is 0 Å². The highest BCUT2D eigenvalue weighted by Crippen LogP contribution is 2.23. The lowest BCUT2D eigenvalue weighted by molar-refractivity contribution is 0.652. The summed E-state index contributed by atoms with van der Waals surface area (Å²) in [5.74, 6) is 0.617. The Bertz CT molecular complexity index is 541. The summed E-state index contributed by atoms with van der Waals surface area (Å²) in [6.45, 7) is 15.0. The van der Waals surface area contributed by atoms with Crippen LogP contribution in [0.2, 0.25) is 0 Å². The second kappa shape index (κ2) is 9.46. The molecular weight excluding hydrogens is 264 g/mol. The van der Waals surface area contributed by atoms with Crippen LogP contribution in [0.3, 0.4) is 0 Å². The van der Waals surface area contributed by atoms with Gasteiger partial charge in [-0.1, -0.05) is 81.7 Å². The van der Waals surface area contributed by atoms with Crippen LogP contribution in [0.25, 0.3) is 12.2 Å². The molecular formula is C22H32. The Morgan fingerprint density at radius 1 is 1.23 bits per heavy atom. The van der Waals surface area contributed by atoms with E-state index >= 15 is 0 Å². The van der Waals surface area contributed by atoms with E-state index in [9.17, 15) is 0 Å². The topological polar surface area (TPSA) is 0 Å². The molecule has 0 nitrogen and oxygen atoms in total. The van der Waals surface area contributed by atoms with Gasteiger partial charge < -0.3 is 0 Å². The molecule has 0 heterocycles. The Kier molecular flexibility index (Phi) is 7.95. The van der Waals surface area contributed by atoms with E-state index in [1.54, 1.807) is 5.57 Å². The molecule has 0 atom stereocenters. The van der Waals surface area contributed by atoms with E-state index in [2.05, 4.69) is 70.7 Å². The van der Waals surface area contributed by atoms with Gasteiger partial charge in [0.1, 0.15) is 0 Å². The molecule has 1 aromatic carbocycles. The molecule has 22 heavy (non-hydrogen) atoms. The van der Waals surface area contributed by atoms with Crippen molar-refractivity contribution < 1.29 is 0 Å². The quantitative estimate of drug-likeness (QED) is 0.351. The minimum atomic E-state index is 0.617. The van der Waals surface area contributed by atoms with Gasteiger partial charge >= 0.3 is 0 Å². The molecule has 0 aliphatic carbocycles. The maximum atomic E-state index is 3.92. The van der Waals surface area contributed by atoms with Crippen molar-refractivity contribution in [3.05, 3.63) is 58.7 Å². The number of benzene rings is 1. The van der Waals surface area contributed by atoms with Gasteiger partial charge in [-0.25, -0.2) is 0 Å². The Morgan fingerprint density at radius 2 is 1.95 bits per heavy atom. The highest BCUT2D eigenvalue weighted by Gasteiger charge is 2.05. The first-order valence-electron chi connectivity index (χ1n) is 8.58. The molecule has 0 fully saturated rings. The highest BCUT2D eigenvalue weighted by atomic mass is 14.1. The molecule has 0 aliphatic heterocycles. The average Bonchev–Trinajstić information content (AvgIpc) is 2.46. The van der Waals surface area contributed by atoms with Crippen LogP contribution in [0.1, 0.15) is 70.1 Å². The van der Waals surface area contributed by atoms with Crippen LogP contribution < -0.4 is 0 Å². The zero-order chi connectivity index (χ0) is 16.5. The van der Waals surface area contributed by atoms with Gasteiger partial charge in [-0.3, -0.25) is 0 Å². The van der Waals surface area contributed by atoms with Crippen LogP contribution in [0.5, 0.6) is 0 Å². The largest absolute Gasteiger partial charge is 0.0961 e. The van der Waals surface area contributed by atoms with Gasteiger partial charge in [0.2, 0.25) is 0 Å². The van der Waals surface area contributed by atoms with Crippen molar-refractivity contribution in [1.29, 1.82) is 0 Å². The van der Waals surface area contributed by atoms with Crippen molar-refractivity contribution in [3.8, 4) is 0 Å². The number of hydrogen-bond acceptors (Lipinski definition) is 0. The summed E-state index contributed by atoms with van der Waals surface area (Å²) in [4.78, 5) is 0. The van der Waals surface area contributed by atoms with Crippen molar-refractivity contribution in [3.63, 3.8) is 0 Å². The monoisotopic (exact) mass is 296 g/mol. The molecule has 0 radical (unpaired) electrons. The van der Waals surface area contributed by atoms with E-state index in [1.165, 1.54) is 42.4 Å². The Morgan fingerprint density at radius 3 is 2.55 bits per heavy atom. The lowest BCUT2D eigenvalue weighted by Crippen LogP contribution is -1.95. The fourth-order valence-corrected chi connectivity index (χ4v) is 2.46. The fourth-order valence-electron chi connectivity index (χ4n) is 2.46. The molecule has 1 rings (SSSR count). The molecule has 0 bridgehead atoms. The summed E-state index contributed by atoms with van der Waals surface area (Å²) < 4.78 is 0. The van der Waals surface area contributed by atoms with Crippen LogP contribution >= 0.6 is 0 Å². The summed E-state index contributed by atoms with van der Waals surface area (Å²) in [5.41, 5.74) is 6.60. The molecule has 0 saturated heterocycles. The van der Waals surface area contributed by atoms with Gasteiger partial charge in [0, 0.05) is 0 Å². The third-order valence-electron chi connectivity index (χ3n) is 4.02. The Balaban J connectivity index is 3.03. The molecule has 0 saturated carbocycles. The molecule has 0 aliphatic rings. The zero-order valence-corrected chi connectivity index (χ0v) is 15.1. The van der Waals surface area contributed by atoms with E-state index in [4.69, 9.17) is 0 Å². The summed E-state index contributed by atoms with van der Waals surface area (Å²) >= 11 is 0. The molecule has 0 heteroatoms. The van der Waals surface area contributed by atoms with Crippen molar-refractivity contribution >= 4 is 12.2 Å². The number of aryl methyl sites for hydroxylation is 1. The zero-order valence-electron chi connectivity index (χ0n) is 15.1. The molecule has 0 spiro atoms. The van der Waals surface area contributed by atoms with E-state index in [1.807, 2.05) is 6.92 Å². The first-order valence-corrected chi connectivity index (χ1v) is 8.58. The summed E-state index contributed by atoms with van der Waals surface area (Å²) in [7, 11) is 0. The standard InChI is InChI=1S/C22H32/c1-7-8-9-10-21(18(4)5)16-22-15-20(13-11-17(2)3)14-12-19(22)6/h11-16,18H,2,7-10H2,1,3-6H3/b13-11+,21-16-. The van der Waals surface area contributed by atoms with Crippen molar-refractivity contribution in [2.24, 2.45) is 5.92 Å². The van der Waals surface area contributed by atoms with E-state index < -0.39 is 0 Å². The summed E-state index contributed by atoms with van der Waals surface area (Å²) in [6, 6.07) is 6.68. The van der Waals surface area contributed by atoms with Crippen LogP contribution in [0, 0.1) is 12.8 Å². The van der Waals surface area contributed by atoms with E-state index in [0.717, 1.165) is 5.57 Å². The van der Waals surface area contributed by atoms with Crippen LogP contribution in [0.4, 0.5) is 0 Å². The molecule has 0 unspecified atom stereocenters. The van der Waals surface area contributed by atoms with Gasteiger partial charge in [0.15, 0.2) is 0 Å². The smallest absolute Gasteiger partial charge is 0.0222 e. The third-order valence-corrected chi connectivity index (χ3v) is 4.02. The minimum absolute atomic E-state index is 0.617. The van der Waals surface area contributed by atoms with Crippen LogP contribution in [-0.4, -0.2) is 0 Å². The molecule has 0 aromatic heterocycles. The van der Waals surface area contributed by atoms with Crippen molar-refractivity contribution in [2.75, 3.05) is 0 Å². The third kappa shape index (κ3) is 6.47. The lowest BCUT2D eigenvalue weighted by Gasteiger charge is -2.13. The van der Waals surface area contributed by atoms with Gasteiger partial charge in [-0.2, -0.15) is 0 Å². The summed E-state index contributed by atoms with van der Waals surface area (Å²) in [5, 5.41) is 0. The van der Waals surface area contributed by atoms with Crippen LogP contribution in [-0.2, 0) is 0 Å². The lowest BCUT2D eigenvalue weighted by atomic mass is 9.93.